The van der Waals surface area contributed by atoms with E-state index in [4.69, 9.17) is 9.47 Å². The van der Waals surface area contributed by atoms with Crippen LogP contribution in [0.1, 0.15) is 34.1 Å². The second-order valence-corrected chi connectivity index (χ2v) is 7.31. The molecule has 2 fully saturated rings. The number of hydrogen-bond acceptors (Lipinski definition) is 5. The molecule has 0 unspecified atom stereocenters. The number of fused-ring (bicyclic) bond motifs is 1. The lowest BCUT2D eigenvalue weighted by Gasteiger charge is -2.40. The minimum atomic E-state index is -1.59. The highest BCUT2D eigenvalue weighted by Gasteiger charge is 2.75. The first-order valence-corrected chi connectivity index (χ1v) is 7.42. The SMILES string of the molecule is C=CC[C@@H]1C(=O)N2[C@@H](C(C)(C)C)OC[C@]2(C(=O)OC)[C@]1(C)O. The molecule has 0 aliphatic carbocycles. The van der Waals surface area contributed by atoms with E-state index in [9.17, 15) is 14.7 Å². The Morgan fingerprint density at radius 3 is 2.64 bits per heavy atom. The molecule has 2 aliphatic rings. The van der Waals surface area contributed by atoms with Crippen LogP contribution in [0.5, 0.6) is 0 Å². The number of methoxy groups -OCH3 is 1. The van der Waals surface area contributed by atoms with E-state index in [2.05, 4.69) is 6.58 Å². The summed E-state index contributed by atoms with van der Waals surface area (Å²) in [6, 6.07) is 0. The molecule has 1 N–H and O–H groups in total. The minimum absolute atomic E-state index is 0.0754. The second-order valence-electron chi connectivity index (χ2n) is 7.31. The Labute approximate surface area is 131 Å². The maximum absolute atomic E-state index is 12.9. The van der Waals surface area contributed by atoms with Gasteiger partial charge in [0.15, 0.2) is 5.54 Å². The van der Waals surface area contributed by atoms with Crippen molar-refractivity contribution in [3.63, 3.8) is 0 Å². The second kappa shape index (κ2) is 5.06. The zero-order valence-corrected chi connectivity index (χ0v) is 13.9. The normalized spacial score (nSPS) is 38.1. The summed E-state index contributed by atoms with van der Waals surface area (Å²) >= 11 is 0. The van der Waals surface area contributed by atoms with Gasteiger partial charge < -0.3 is 14.6 Å². The van der Waals surface area contributed by atoms with Gasteiger partial charge in [-0.15, -0.1) is 6.58 Å². The lowest BCUT2D eigenvalue weighted by Crippen LogP contribution is -2.64. The van der Waals surface area contributed by atoms with Gasteiger partial charge in [-0.1, -0.05) is 26.8 Å². The number of rotatable bonds is 3. The van der Waals surface area contributed by atoms with Crippen LogP contribution in [0.2, 0.25) is 0 Å². The summed E-state index contributed by atoms with van der Waals surface area (Å²) in [7, 11) is 1.25. The van der Waals surface area contributed by atoms with Crippen molar-refractivity contribution in [3.05, 3.63) is 12.7 Å². The van der Waals surface area contributed by atoms with Crippen LogP contribution < -0.4 is 0 Å². The van der Waals surface area contributed by atoms with Gasteiger partial charge in [-0.2, -0.15) is 0 Å². The molecule has 0 aromatic rings. The Balaban J connectivity index is 2.61. The predicted molar refractivity (Wildman–Crippen MR) is 79.7 cm³/mol. The smallest absolute Gasteiger partial charge is 0.337 e. The van der Waals surface area contributed by atoms with Crippen LogP contribution in [-0.4, -0.2) is 53.0 Å². The summed E-state index contributed by atoms with van der Waals surface area (Å²) in [4.78, 5) is 26.8. The number of allylic oxidation sites excluding steroid dienone is 1. The van der Waals surface area contributed by atoms with Crippen LogP contribution in [0.3, 0.4) is 0 Å². The maximum Gasteiger partial charge on any atom is 0.337 e. The fourth-order valence-corrected chi connectivity index (χ4v) is 3.60. The zero-order chi connectivity index (χ0) is 16.9. The molecule has 0 bridgehead atoms. The van der Waals surface area contributed by atoms with Gasteiger partial charge >= 0.3 is 5.97 Å². The van der Waals surface area contributed by atoms with E-state index in [1.54, 1.807) is 6.08 Å². The molecule has 0 radical (unpaired) electrons. The molecule has 0 spiro atoms. The van der Waals surface area contributed by atoms with Crippen LogP contribution in [-0.2, 0) is 19.1 Å². The van der Waals surface area contributed by atoms with Crippen molar-refractivity contribution in [1.82, 2.24) is 4.90 Å². The molecule has 0 aromatic heterocycles. The van der Waals surface area contributed by atoms with Crippen molar-refractivity contribution in [1.29, 1.82) is 0 Å². The number of aliphatic hydroxyl groups is 1. The van der Waals surface area contributed by atoms with Gasteiger partial charge in [0.1, 0.15) is 11.8 Å². The molecule has 124 valence electrons. The average molecular weight is 311 g/mol. The number of carbonyl (C=O) groups is 2. The highest BCUT2D eigenvalue weighted by atomic mass is 16.6. The Hall–Kier alpha value is -1.40. The summed E-state index contributed by atoms with van der Waals surface area (Å²) in [5.41, 5.74) is -3.50. The number of amides is 1. The molecule has 6 heteroatoms. The fraction of sp³-hybridized carbons (Fsp3) is 0.750. The third-order valence-electron chi connectivity index (χ3n) is 4.81. The third kappa shape index (κ3) is 1.93. The van der Waals surface area contributed by atoms with Gasteiger partial charge in [0.25, 0.3) is 0 Å². The highest BCUT2D eigenvalue weighted by Crippen LogP contribution is 2.52. The molecular weight excluding hydrogens is 286 g/mol. The zero-order valence-electron chi connectivity index (χ0n) is 13.9. The first-order chi connectivity index (χ1) is 10.1. The molecule has 2 rings (SSSR count). The average Bonchev–Trinajstić information content (AvgIpc) is 2.90. The van der Waals surface area contributed by atoms with Gasteiger partial charge in [-0.25, -0.2) is 4.79 Å². The van der Waals surface area contributed by atoms with Crippen LogP contribution in [0.25, 0.3) is 0 Å². The van der Waals surface area contributed by atoms with Crippen molar-refractivity contribution in [2.24, 2.45) is 11.3 Å². The van der Waals surface area contributed by atoms with Gasteiger partial charge in [-0.05, 0) is 13.3 Å². The molecule has 0 aromatic carbocycles. The molecule has 4 atom stereocenters. The summed E-state index contributed by atoms with van der Waals surface area (Å²) < 4.78 is 10.7. The molecule has 2 saturated heterocycles. The van der Waals surface area contributed by atoms with E-state index in [0.29, 0.717) is 0 Å². The third-order valence-corrected chi connectivity index (χ3v) is 4.81. The fourth-order valence-electron chi connectivity index (χ4n) is 3.60. The van der Waals surface area contributed by atoms with Gasteiger partial charge in [-0.3, -0.25) is 9.69 Å². The van der Waals surface area contributed by atoms with Gasteiger partial charge in [0, 0.05) is 5.41 Å². The number of carbonyl (C=O) groups excluding carboxylic acids is 2. The summed E-state index contributed by atoms with van der Waals surface area (Å²) in [5, 5.41) is 11.1. The van der Waals surface area contributed by atoms with E-state index in [1.807, 2.05) is 20.8 Å². The number of nitrogens with zero attached hydrogens (tertiary/aromatic N) is 1. The summed E-state index contributed by atoms with van der Waals surface area (Å²) in [6.07, 6.45) is 1.27. The van der Waals surface area contributed by atoms with Gasteiger partial charge in [0.2, 0.25) is 5.91 Å². The van der Waals surface area contributed by atoms with E-state index in [1.165, 1.54) is 18.9 Å². The standard InChI is InChI=1S/C16H25NO5/c1-7-8-10-11(18)17-12(14(2,3)4)22-9-16(17,13(19)21-6)15(10,5)20/h7,10,12,20H,1,8-9H2,2-6H3/t10-,12-,15-,16+/m1/s1. The van der Waals surface area contributed by atoms with Crippen molar-refractivity contribution in [2.45, 2.75) is 51.5 Å². The molecule has 0 saturated carbocycles. The molecular formula is C16H25NO5. The molecule has 22 heavy (non-hydrogen) atoms. The first kappa shape index (κ1) is 17.0. The largest absolute Gasteiger partial charge is 0.467 e. The summed E-state index contributed by atoms with van der Waals surface area (Å²) in [6.45, 7) is 10.8. The Morgan fingerprint density at radius 1 is 1.59 bits per heavy atom. The van der Waals surface area contributed by atoms with E-state index in [-0.39, 0.29) is 18.9 Å². The highest BCUT2D eigenvalue weighted by molar-refractivity contribution is 5.97. The Kier molecular flexibility index (Phi) is 3.90. The number of hydrogen-bond donors (Lipinski definition) is 1. The van der Waals surface area contributed by atoms with Crippen LogP contribution in [0, 0.1) is 11.3 Å². The van der Waals surface area contributed by atoms with Crippen LogP contribution in [0.4, 0.5) is 0 Å². The van der Waals surface area contributed by atoms with Crippen molar-refractivity contribution >= 4 is 11.9 Å². The number of ether oxygens (including phenoxy) is 2. The summed E-state index contributed by atoms with van der Waals surface area (Å²) in [5.74, 6) is -1.69. The first-order valence-electron chi connectivity index (χ1n) is 7.42. The van der Waals surface area contributed by atoms with Crippen molar-refractivity contribution < 1.29 is 24.2 Å². The predicted octanol–water partition coefficient (Wildman–Crippen LogP) is 1.09. The molecule has 2 aliphatic heterocycles. The van der Waals surface area contributed by atoms with Crippen molar-refractivity contribution in [2.75, 3.05) is 13.7 Å². The Bertz CT molecular complexity index is 507. The lowest BCUT2D eigenvalue weighted by atomic mass is 9.75. The lowest BCUT2D eigenvalue weighted by molar-refractivity contribution is -0.167. The van der Waals surface area contributed by atoms with Crippen LogP contribution in [0.15, 0.2) is 12.7 Å². The quantitative estimate of drug-likeness (QED) is 0.623. The van der Waals surface area contributed by atoms with Gasteiger partial charge in [0.05, 0.1) is 19.6 Å². The Morgan fingerprint density at radius 2 is 2.18 bits per heavy atom. The molecule has 6 nitrogen and oxygen atoms in total. The van der Waals surface area contributed by atoms with Crippen molar-refractivity contribution in [3.8, 4) is 0 Å². The molecule has 2 heterocycles. The number of esters is 1. The minimum Gasteiger partial charge on any atom is -0.467 e. The van der Waals surface area contributed by atoms with Crippen LogP contribution >= 0.6 is 0 Å². The van der Waals surface area contributed by atoms with E-state index < -0.39 is 34.7 Å². The monoisotopic (exact) mass is 311 g/mol. The molecule has 1 amide bonds. The van der Waals surface area contributed by atoms with E-state index >= 15 is 0 Å². The topological polar surface area (TPSA) is 76.1 Å². The maximum atomic E-state index is 12.9. The van der Waals surface area contributed by atoms with E-state index in [0.717, 1.165) is 0 Å².